The third-order valence-corrected chi connectivity index (χ3v) is 15.9. The van der Waals surface area contributed by atoms with Crippen molar-refractivity contribution in [2.75, 3.05) is 16.0 Å². The van der Waals surface area contributed by atoms with E-state index < -0.39 is 0 Å². The summed E-state index contributed by atoms with van der Waals surface area (Å²) in [5.41, 5.74) is 28.7. The van der Waals surface area contributed by atoms with E-state index in [4.69, 9.17) is 5.73 Å². The lowest BCUT2D eigenvalue weighted by Crippen LogP contribution is -2.16. The number of hydrogen-bond donors (Lipinski definition) is 2. The Bertz CT molecular complexity index is 3580. The molecule has 10 aromatic carbocycles. The van der Waals surface area contributed by atoms with Crippen LogP contribution in [0.4, 0.5) is 34.1 Å². The van der Waals surface area contributed by atoms with Crippen molar-refractivity contribution in [2.45, 2.75) is 57.8 Å². The third kappa shape index (κ3) is 9.87. The quantitative estimate of drug-likeness (QED) is 0.169. The second-order valence-corrected chi connectivity index (χ2v) is 22.6. The van der Waals surface area contributed by atoms with Crippen LogP contribution >= 0.6 is 31.9 Å². The van der Waals surface area contributed by atoms with Gasteiger partial charge in [0.1, 0.15) is 0 Å². The van der Waals surface area contributed by atoms with E-state index in [0.29, 0.717) is 0 Å². The highest BCUT2D eigenvalue weighted by molar-refractivity contribution is 9.10. The zero-order valence-corrected chi connectivity index (χ0v) is 46.0. The zero-order valence-electron chi connectivity index (χ0n) is 42.9. The molecule has 0 fully saturated rings. The maximum atomic E-state index is 5.36. The minimum Gasteiger partial charge on any atom is -0.399 e. The summed E-state index contributed by atoms with van der Waals surface area (Å²) in [6.45, 7) is 13.9. The number of para-hydroxylation sites is 3. The molecule has 74 heavy (non-hydrogen) atoms. The Hall–Kier alpha value is -7.44. The predicted octanol–water partition coefficient (Wildman–Crippen LogP) is 20.0. The number of nitrogens with one attached hydrogen (secondary N) is 1. The zero-order chi connectivity index (χ0) is 51.6. The number of fused-ring (bicyclic) bond motifs is 9. The van der Waals surface area contributed by atoms with Crippen molar-refractivity contribution in [1.29, 1.82) is 0 Å². The van der Waals surface area contributed by atoms with E-state index in [1.807, 2.05) is 36.4 Å². The molecule has 13 rings (SSSR count). The van der Waals surface area contributed by atoms with Gasteiger partial charge in [0.05, 0.1) is 0 Å². The lowest BCUT2D eigenvalue weighted by molar-refractivity contribution is 0.660. The Labute approximate surface area is 455 Å². The minimum absolute atomic E-state index is 0.00991. The SMILES string of the molecule is CC1(C)c2ccccc2-c2ccc(Br)cc21.CC1(C)c2ccccc2-c2ccc(N(c3ccccc3)c3ccc(Br)cc3)cc21.CC1(C)c2ccccc2-c2ccc(Nc3ccccc3)cc21.Nc1ccccc1. The molecule has 3 nitrogen and oxygen atoms in total. The number of nitrogens with zero attached hydrogens (tertiary/aromatic N) is 1. The first kappa shape index (κ1) is 50.1. The van der Waals surface area contributed by atoms with Gasteiger partial charge >= 0.3 is 0 Å². The van der Waals surface area contributed by atoms with Gasteiger partial charge in [0, 0.05) is 59.3 Å². The summed E-state index contributed by atoms with van der Waals surface area (Å²) in [4.78, 5) is 2.33. The highest BCUT2D eigenvalue weighted by atomic mass is 79.9. The van der Waals surface area contributed by atoms with E-state index in [1.165, 1.54) is 72.4 Å². The van der Waals surface area contributed by atoms with Gasteiger partial charge in [-0.15, -0.1) is 0 Å². The molecule has 366 valence electrons. The number of anilines is 6. The minimum atomic E-state index is -0.00991. The highest BCUT2D eigenvalue weighted by Gasteiger charge is 2.37. The Morgan fingerprint density at radius 2 is 0.676 bits per heavy atom. The van der Waals surface area contributed by atoms with Gasteiger partial charge in [-0.1, -0.05) is 219 Å². The molecular formula is C69H61Br2N3. The van der Waals surface area contributed by atoms with Gasteiger partial charge in [0.2, 0.25) is 0 Å². The summed E-state index contributed by atoms with van der Waals surface area (Å²) in [5, 5.41) is 3.50. The Morgan fingerprint density at radius 1 is 0.311 bits per heavy atom. The van der Waals surface area contributed by atoms with E-state index in [1.54, 1.807) is 0 Å². The average Bonchev–Trinajstić information content (AvgIpc) is 3.91. The topological polar surface area (TPSA) is 41.3 Å². The number of nitrogen functional groups attached to an aromatic ring is 1. The van der Waals surface area contributed by atoms with Gasteiger partial charge in [-0.2, -0.15) is 0 Å². The van der Waals surface area contributed by atoms with Crippen molar-refractivity contribution < 1.29 is 0 Å². The number of hydrogen-bond acceptors (Lipinski definition) is 3. The Morgan fingerprint density at radius 3 is 1.18 bits per heavy atom. The summed E-state index contributed by atoms with van der Waals surface area (Å²) in [6, 6.07) is 85.3. The summed E-state index contributed by atoms with van der Waals surface area (Å²) in [5.74, 6) is 0. The second-order valence-electron chi connectivity index (χ2n) is 20.7. The lowest BCUT2D eigenvalue weighted by atomic mass is 9.82. The van der Waals surface area contributed by atoms with Crippen LogP contribution in [0.3, 0.4) is 0 Å². The van der Waals surface area contributed by atoms with Crippen molar-refractivity contribution in [3.63, 3.8) is 0 Å². The highest BCUT2D eigenvalue weighted by Crippen LogP contribution is 2.52. The third-order valence-electron chi connectivity index (χ3n) is 14.9. The van der Waals surface area contributed by atoms with Crippen LogP contribution in [-0.2, 0) is 16.2 Å². The number of nitrogens with two attached hydrogens (primary N) is 1. The maximum absolute atomic E-state index is 5.36. The maximum Gasteiger partial charge on any atom is 0.0465 e. The van der Waals surface area contributed by atoms with Crippen LogP contribution in [0.25, 0.3) is 33.4 Å². The van der Waals surface area contributed by atoms with Crippen LogP contribution < -0.4 is 16.0 Å². The molecule has 0 amide bonds. The molecular weight excluding hydrogens is 1030 g/mol. The van der Waals surface area contributed by atoms with Crippen molar-refractivity contribution in [2.24, 2.45) is 0 Å². The molecule has 3 aliphatic rings. The fourth-order valence-corrected chi connectivity index (χ4v) is 11.7. The van der Waals surface area contributed by atoms with E-state index in [0.717, 1.165) is 37.4 Å². The van der Waals surface area contributed by atoms with Crippen LogP contribution in [0.15, 0.2) is 252 Å². The molecule has 3 N–H and O–H groups in total. The average molecular weight is 1090 g/mol. The van der Waals surface area contributed by atoms with Crippen molar-refractivity contribution in [3.8, 4) is 33.4 Å². The predicted molar refractivity (Wildman–Crippen MR) is 323 cm³/mol. The van der Waals surface area contributed by atoms with Crippen molar-refractivity contribution in [1.82, 2.24) is 0 Å². The van der Waals surface area contributed by atoms with E-state index in [2.05, 4.69) is 290 Å². The van der Waals surface area contributed by atoms with Gasteiger partial charge in [-0.05, 0) is 164 Å². The largest absolute Gasteiger partial charge is 0.399 e. The van der Waals surface area contributed by atoms with Gasteiger partial charge in [-0.25, -0.2) is 0 Å². The summed E-state index contributed by atoms with van der Waals surface area (Å²) < 4.78 is 2.24. The van der Waals surface area contributed by atoms with E-state index >= 15 is 0 Å². The molecule has 0 heterocycles. The molecule has 0 aromatic heterocycles. The first-order valence-electron chi connectivity index (χ1n) is 25.3. The van der Waals surface area contributed by atoms with Crippen LogP contribution in [0.1, 0.15) is 74.9 Å². The van der Waals surface area contributed by atoms with Crippen molar-refractivity contribution >= 4 is 66.0 Å². The summed E-state index contributed by atoms with van der Waals surface area (Å²) in [6.07, 6.45) is 0. The number of halogens is 2. The molecule has 3 aliphatic carbocycles. The van der Waals surface area contributed by atoms with Gasteiger partial charge < -0.3 is 16.0 Å². The molecule has 5 heteroatoms. The number of benzene rings is 10. The fraction of sp³-hybridized carbons (Fsp3) is 0.130. The van der Waals surface area contributed by atoms with Gasteiger partial charge in [0.25, 0.3) is 0 Å². The normalized spacial score (nSPS) is 13.8. The monoisotopic (exact) mass is 1090 g/mol. The van der Waals surface area contributed by atoms with Crippen LogP contribution in [0.2, 0.25) is 0 Å². The van der Waals surface area contributed by atoms with E-state index in [9.17, 15) is 0 Å². The van der Waals surface area contributed by atoms with Crippen LogP contribution in [0.5, 0.6) is 0 Å². The summed E-state index contributed by atoms with van der Waals surface area (Å²) in [7, 11) is 0. The molecule has 0 bridgehead atoms. The molecule has 10 aromatic rings. The van der Waals surface area contributed by atoms with Crippen molar-refractivity contribution in [3.05, 3.63) is 285 Å². The molecule has 0 radical (unpaired) electrons. The molecule has 0 aliphatic heterocycles. The standard InChI is InChI=1S/C27H22BrN.C21H19N.C15H13Br.C6H7N/c1-27(2)25-11-7-6-10-23(25)24-17-16-22(18-26(24)27)29(20-8-4-3-5-9-20)21-14-12-19(28)13-15-21;1-21(2)19-11-7-6-10-17(19)18-13-12-16(14-20(18)21)22-15-8-4-3-5-9-15;1-15(2)13-6-4-3-5-11(13)12-8-7-10(16)9-14(12)15;7-6-4-2-1-3-5-6/h3-18H,1-2H3;3-14,22H,1-2H3;3-9H,1-2H3;1-5H,7H2. The molecule has 0 saturated carbocycles. The Balaban J connectivity index is 0.000000123. The molecule has 0 atom stereocenters. The van der Waals surface area contributed by atoms with Crippen LogP contribution in [0, 0.1) is 0 Å². The summed E-state index contributed by atoms with van der Waals surface area (Å²) >= 11 is 7.12. The van der Waals surface area contributed by atoms with Gasteiger partial charge in [-0.3, -0.25) is 0 Å². The molecule has 0 saturated heterocycles. The fourth-order valence-electron chi connectivity index (χ4n) is 11.0. The molecule has 0 unspecified atom stereocenters. The lowest BCUT2D eigenvalue weighted by Gasteiger charge is -2.28. The van der Waals surface area contributed by atoms with E-state index in [-0.39, 0.29) is 16.2 Å². The number of rotatable bonds is 5. The van der Waals surface area contributed by atoms with Gasteiger partial charge in [0.15, 0.2) is 0 Å². The molecule has 0 spiro atoms. The second kappa shape index (κ2) is 20.8. The first-order chi connectivity index (χ1) is 35.7. The first-order valence-corrected chi connectivity index (χ1v) is 26.9. The van der Waals surface area contributed by atoms with Crippen LogP contribution in [-0.4, -0.2) is 0 Å². The smallest absolute Gasteiger partial charge is 0.0465 e. The Kier molecular flexibility index (Phi) is 14.1.